The van der Waals surface area contributed by atoms with Gasteiger partial charge in [0.25, 0.3) is 0 Å². The number of methoxy groups -OCH3 is 2. The summed E-state index contributed by atoms with van der Waals surface area (Å²) in [7, 11) is 3.26. The second-order valence-corrected chi connectivity index (χ2v) is 7.44. The molecular weight excluding hydrogens is 364 g/mol. The lowest BCUT2D eigenvalue weighted by Crippen LogP contribution is -2.27. The van der Waals surface area contributed by atoms with Gasteiger partial charge in [-0.3, -0.25) is 9.78 Å². The van der Waals surface area contributed by atoms with E-state index >= 15 is 0 Å². The Labute approximate surface area is 169 Å². The molecule has 0 amide bonds. The average molecular weight is 386 g/mol. The first-order chi connectivity index (χ1) is 14.2. The third kappa shape index (κ3) is 2.77. The molecular formula is C24H22N2O3. The molecule has 1 aliphatic carbocycles. The first kappa shape index (κ1) is 17.7. The minimum absolute atomic E-state index is 0.165. The Hall–Kier alpha value is -3.34. The topological polar surface area (TPSA) is 60.5 Å². The number of benzene rings is 2. The molecule has 29 heavy (non-hydrogen) atoms. The monoisotopic (exact) mass is 386 g/mol. The van der Waals surface area contributed by atoms with Crippen LogP contribution in [0, 0.1) is 0 Å². The molecule has 0 saturated carbocycles. The highest BCUT2D eigenvalue weighted by Crippen LogP contribution is 2.48. The van der Waals surface area contributed by atoms with E-state index in [2.05, 4.69) is 22.4 Å². The van der Waals surface area contributed by atoms with Crippen LogP contribution < -0.4 is 14.8 Å². The summed E-state index contributed by atoms with van der Waals surface area (Å²) in [5.74, 6) is 1.38. The molecule has 5 nitrogen and oxygen atoms in total. The Bertz CT molecular complexity index is 1170. The van der Waals surface area contributed by atoms with Crippen molar-refractivity contribution in [1.29, 1.82) is 0 Å². The van der Waals surface area contributed by atoms with Gasteiger partial charge in [-0.25, -0.2) is 0 Å². The second-order valence-electron chi connectivity index (χ2n) is 7.44. The van der Waals surface area contributed by atoms with E-state index in [0.717, 1.165) is 51.8 Å². The molecule has 1 aliphatic heterocycles. The van der Waals surface area contributed by atoms with Crippen molar-refractivity contribution in [3.63, 3.8) is 0 Å². The summed E-state index contributed by atoms with van der Waals surface area (Å²) in [5.41, 5.74) is 5.98. The lowest BCUT2D eigenvalue weighted by atomic mass is 9.74. The van der Waals surface area contributed by atoms with Crippen molar-refractivity contribution >= 4 is 22.4 Å². The van der Waals surface area contributed by atoms with Crippen LogP contribution >= 0.6 is 0 Å². The lowest BCUT2D eigenvalue weighted by Gasteiger charge is -2.35. The molecule has 0 radical (unpaired) electrons. The van der Waals surface area contributed by atoms with Crippen LogP contribution in [0.2, 0.25) is 0 Å². The summed E-state index contributed by atoms with van der Waals surface area (Å²) in [6.45, 7) is 0. The van der Waals surface area contributed by atoms with Gasteiger partial charge in [0.1, 0.15) is 0 Å². The molecule has 0 fully saturated rings. The zero-order chi connectivity index (χ0) is 20.0. The third-order valence-corrected chi connectivity index (χ3v) is 5.89. The van der Waals surface area contributed by atoms with E-state index in [1.54, 1.807) is 20.4 Å². The van der Waals surface area contributed by atoms with Crippen LogP contribution in [-0.2, 0) is 4.79 Å². The number of Topliss-reactive ketones (excluding diaryl/α,β-unsaturated/α-hetero) is 1. The highest BCUT2D eigenvalue weighted by molar-refractivity contribution is 6.03. The first-order valence-electron chi connectivity index (χ1n) is 9.84. The van der Waals surface area contributed by atoms with E-state index in [1.807, 2.05) is 30.3 Å². The first-order valence-corrected chi connectivity index (χ1v) is 9.84. The molecule has 2 heterocycles. The molecule has 1 N–H and O–H groups in total. The number of rotatable bonds is 3. The van der Waals surface area contributed by atoms with Crippen molar-refractivity contribution in [2.45, 2.75) is 25.2 Å². The zero-order valence-corrected chi connectivity index (χ0v) is 16.5. The van der Waals surface area contributed by atoms with Gasteiger partial charge in [-0.15, -0.1) is 0 Å². The fraction of sp³-hybridized carbons (Fsp3) is 0.250. The molecule has 0 unspecified atom stereocenters. The molecule has 2 aromatic carbocycles. The number of pyridine rings is 1. The van der Waals surface area contributed by atoms with Crippen LogP contribution in [0.25, 0.3) is 10.9 Å². The van der Waals surface area contributed by atoms with E-state index in [4.69, 9.17) is 9.47 Å². The molecule has 0 saturated heterocycles. The van der Waals surface area contributed by atoms with Gasteiger partial charge in [0.05, 0.1) is 19.7 Å². The van der Waals surface area contributed by atoms with E-state index in [9.17, 15) is 4.79 Å². The highest BCUT2D eigenvalue weighted by Gasteiger charge is 2.36. The van der Waals surface area contributed by atoms with Crippen LogP contribution in [0.5, 0.6) is 11.5 Å². The van der Waals surface area contributed by atoms with Gasteiger partial charge in [0.15, 0.2) is 17.3 Å². The standard InChI is InChI=1S/C24H22N2O3/c1-28-20-11-8-14(13-21(20)29-2)22-23-15-5-4-12-25-16(15)9-10-18(23)26-17-6-3-7-19(27)24(17)22/h4-5,8-13,22,26H,3,6-7H2,1-2H3/t22-/m1/s1. The average Bonchev–Trinajstić information content (AvgIpc) is 2.77. The summed E-state index contributed by atoms with van der Waals surface area (Å²) in [6.07, 6.45) is 4.15. The number of nitrogens with one attached hydrogen (secondary N) is 1. The smallest absolute Gasteiger partial charge is 0.161 e. The van der Waals surface area contributed by atoms with E-state index < -0.39 is 0 Å². The second kappa shape index (κ2) is 6.92. The number of allylic oxidation sites excluding steroid dienone is 2. The minimum Gasteiger partial charge on any atom is -0.493 e. The van der Waals surface area contributed by atoms with Gasteiger partial charge in [0.2, 0.25) is 0 Å². The summed E-state index contributed by atoms with van der Waals surface area (Å²) in [5, 5.41) is 4.61. The van der Waals surface area contributed by atoms with Gasteiger partial charge in [-0.2, -0.15) is 0 Å². The number of carbonyl (C=O) groups is 1. The number of aromatic nitrogens is 1. The van der Waals surface area contributed by atoms with Crippen LogP contribution in [0.4, 0.5) is 5.69 Å². The molecule has 146 valence electrons. The van der Waals surface area contributed by atoms with Crippen molar-refractivity contribution in [2.75, 3.05) is 19.5 Å². The number of ketones is 1. The molecule has 2 aliphatic rings. The maximum Gasteiger partial charge on any atom is 0.161 e. The summed E-state index contributed by atoms with van der Waals surface area (Å²) in [4.78, 5) is 17.6. The molecule has 0 bridgehead atoms. The Balaban J connectivity index is 1.81. The normalized spacial score (nSPS) is 18.1. The lowest BCUT2D eigenvalue weighted by molar-refractivity contribution is -0.116. The number of nitrogens with zero attached hydrogens (tertiary/aromatic N) is 1. The van der Waals surface area contributed by atoms with Gasteiger partial charge < -0.3 is 14.8 Å². The Kier molecular flexibility index (Phi) is 4.23. The summed E-state index contributed by atoms with van der Waals surface area (Å²) >= 11 is 0. The van der Waals surface area contributed by atoms with Crippen molar-refractivity contribution in [2.24, 2.45) is 0 Å². The number of hydrogen-bond acceptors (Lipinski definition) is 5. The minimum atomic E-state index is -0.165. The predicted molar refractivity (Wildman–Crippen MR) is 113 cm³/mol. The van der Waals surface area contributed by atoms with Gasteiger partial charge in [-0.05, 0) is 54.3 Å². The molecule has 1 aromatic heterocycles. The molecule has 1 atom stereocenters. The zero-order valence-electron chi connectivity index (χ0n) is 16.5. The molecule has 5 heteroatoms. The van der Waals surface area contributed by atoms with E-state index in [-0.39, 0.29) is 11.7 Å². The van der Waals surface area contributed by atoms with Crippen molar-refractivity contribution < 1.29 is 14.3 Å². The largest absolute Gasteiger partial charge is 0.493 e. The van der Waals surface area contributed by atoms with E-state index in [0.29, 0.717) is 17.9 Å². The maximum absolute atomic E-state index is 13.1. The Morgan fingerprint density at radius 3 is 2.72 bits per heavy atom. The van der Waals surface area contributed by atoms with Gasteiger partial charge in [0, 0.05) is 40.9 Å². The number of anilines is 1. The predicted octanol–water partition coefficient (Wildman–Crippen LogP) is 4.82. The SMILES string of the molecule is COc1ccc([C@H]2C3=C(CCCC3=O)Nc3ccc4ncccc4c32)cc1OC. The van der Waals surface area contributed by atoms with Crippen molar-refractivity contribution in [3.05, 3.63) is 71.1 Å². The molecule has 0 spiro atoms. The number of ether oxygens (including phenoxy) is 2. The highest BCUT2D eigenvalue weighted by atomic mass is 16.5. The van der Waals surface area contributed by atoms with Crippen LogP contribution in [0.15, 0.2) is 59.9 Å². The number of fused-ring (bicyclic) bond motifs is 3. The molecule has 3 aromatic rings. The van der Waals surface area contributed by atoms with Gasteiger partial charge >= 0.3 is 0 Å². The van der Waals surface area contributed by atoms with Crippen molar-refractivity contribution in [1.82, 2.24) is 4.98 Å². The fourth-order valence-electron chi connectivity index (χ4n) is 4.60. The van der Waals surface area contributed by atoms with Gasteiger partial charge in [-0.1, -0.05) is 12.1 Å². The Morgan fingerprint density at radius 2 is 1.90 bits per heavy atom. The summed E-state index contributed by atoms with van der Waals surface area (Å²) < 4.78 is 11.0. The number of carbonyl (C=O) groups excluding carboxylic acids is 1. The van der Waals surface area contributed by atoms with E-state index in [1.165, 1.54) is 0 Å². The third-order valence-electron chi connectivity index (χ3n) is 5.89. The van der Waals surface area contributed by atoms with Crippen LogP contribution in [-0.4, -0.2) is 25.0 Å². The van der Waals surface area contributed by atoms with Crippen LogP contribution in [0.1, 0.15) is 36.3 Å². The maximum atomic E-state index is 13.1. The fourth-order valence-corrected chi connectivity index (χ4v) is 4.60. The summed E-state index contributed by atoms with van der Waals surface area (Å²) in [6, 6.07) is 14.1. The number of hydrogen-bond donors (Lipinski definition) is 1. The quantitative estimate of drug-likeness (QED) is 0.700. The molecule has 5 rings (SSSR count). The Morgan fingerprint density at radius 1 is 1.03 bits per heavy atom. The van der Waals surface area contributed by atoms with Crippen molar-refractivity contribution in [3.8, 4) is 11.5 Å². The van der Waals surface area contributed by atoms with Crippen LogP contribution in [0.3, 0.4) is 0 Å².